The van der Waals surface area contributed by atoms with Gasteiger partial charge in [-0.15, -0.1) is 0 Å². The van der Waals surface area contributed by atoms with Gasteiger partial charge in [-0.2, -0.15) is 0 Å². The first-order valence-corrected chi connectivity index (χ1v) is 6.65. The number of carbonyl (C=O) groups excluding carboxylic acids is 1. The number of hydrogen-bond acceptors (Lipinski definition) is 3. The van der Waals surface area contributed by atoms with Crippen LogP contribution in [0.1, 0.15) is 54.9 Å². The average Bonchev–Trinajstić information content (AvgIpc) is 2.11. The van der Waals surface area contributed by atoms with E-state index in [-0.39, 0.29) is 29.4 Å². The molecule has 2 N–H and O–H groups in total. The van der Waals surface area contributed by atoms with Crippen molar-refractivity contribution in [2.24, 2.45) is 0 Å². The molecule has 0 bridgehead atoms. The van der Waals surface area contributed by atoms with Crippen LogP contribution in [0.25, 0.3) is 0 Å². The smallest absolute Gasteiger partial charge is 0.304 e. The normalized spacial score (nSPS) is 14.3. The number of amides is 1. The Morgan fingerprint density at radius 2 is 1.63 bits per heavy atom. The maximum absolute atomic E-state index is 12.2. The molecule has 0 fully saturated rings. The summed E-state index contributed by atoms with van der Waals surface area (Å²) in [6.45, 7) is 13.9. The van der Waals surface area contributed by atoms with E-state index in [1.54, 1.807) is 0 Å². The Morgan fingerprint density at radius 1 is 1.16 bits per heavy atom. The summed E-state index contributed by atoms with van der Waals surface area (Å²) in [4.78, 5) is 24.8. The third-order valence-electron chi connectivity index (χ3n) is 2.77. The van der Waals surface area contributed by atoms with E-state index in [0.29, 0.717) is 6.54 Å². The van der Waals surface area contributed by atoms with Crippen LogP contribution in [-0.2, 0) is 9.59 Å². The largest absolute Gasteiger partial charge is 0.481 e. The molecule has 0 saturated heterocycles. The second kappa shape index (κ2) is 6.37. The molecule has 0 aromatic carbocycles. The summed E-state index contributed by atoms with van der Waals surface area (Å²) in [6.07, 6.45) is 0.0322. The number of aliphatic carboxylic acids is 1. The zero-order valence-electron chi connectivity index (χ0n) is 13.2. The topological polar surface area (TPSA) is 69.6 Å². The van der Waals surface area contributed by atoms with Crippen LogP contribution in [0.5, 0.6) is 0 Å². The first-order chi connectivity index (χ1) is 8.34. The van der Waals surface area contributed by atoms with Gasteiger partial charge in [-0.3, -0.25) is 14.5 Å². The number of carbonyl (C=O) groups is 2. The van der Waals surface area contributed by atoms with Gasteiger partial charge in [0.25, 0.3) is 0 Å². The molecule has 19 heavy (non-hydrogen) atoms. The minimum atomic E-state index is -0.849. The minimum Gasteiger partial charge on any atom is -0.481 e. The SMILES string of the molecule is CC(C(=O)NC(C)(C)C)N(CCC(=O)O)C(C)(C)C. The molecule has 0 aliphatic heterocycles. The van der Waals surface area contributed by atoms with E-state index >= 15 is 0 Å². The number of rotatable bonds is 5. The van der Waals surface area contributed by atoms with E-state index in [0.717, 1.165) is 0 Å². The highest BCUT2D eigenvalue weighted by molar-refractivity contribution is 5.82. The van der Waals surface area contributed by atoms with Gasteiger partial charge in [0.2, 0.25) is 5.91 Å². The molecule has 0 aliphatic carbocycles. The quantitative estimate of drug-likeness (QED) is 0.801. The van der Waals surface area contributed by atoms with Crippen molar-refractivity contribution in [3.63, 3.8) is 0 Å². The lowest BCUT2D eigenvalue weighted by Crippen LogP contribution is -2.56. The van der Waals surface area contributed by atoms with Crippen LogP contribution in [0.3, 0.4) is 0 Å². The van der Waals surface area contributed by atoms with Crippen molar-refractivity contribution in [1.82, 2.24) is 10.2 Å². The summed E-state index contributed by atoms with van der Waals surface area (Å²) in [5.41, 5.74) is -0.550. The third-order valence-corrected chi connectivity index (χ3v) is 2.77. The van der Waals surface area contributed by atoms with Crippen LogP contribution < -0.4 is 5.32 Å². The van der Waals surface area contributed by atoms with Gasteiger partial charge in [-0.1, -0.05) is 0 Å². The molecule has 112 valence electrons. The Hall–Kier alpha value is -1.10. The summed E-state index contributed by atoms with van der Waals surface area (Å²) in [7, 11) is 0. The first-order valence-electron chi connectivity index (χ1n) is 6.65. The molecule has 0 aromatic heterocycles. The molecular formula is C14H28N2O3. The van der Waals surface area contributed by atoms with E-state index < -0.39 is 5.97 Å². The van der Waals surface area contributed by atoms with E-state index in [4.69, 9.17) is 5.11 Å². The Kier molecular flexibility index (Phi) is 6.00. The molecular weight excluding hydrogens is 244 g/mol. The monoisotopic (exact) mass is 272 g/mol. The van der Waals surface area contributed by atoms with E-state index in [1.807, 2.05) is 53.4 Å². The molecule has 0 aromatic rings. The van der Waals surface area contributed by atoms with Crippen molar-refractivity contribution in [1.29, 1.82) is 0 Å². The molecule has 0 aliphatic rings. The molecule has 1 unspecified atom stereocenters. The number of carboxylic acid groups (broad SMARTS) is 1. The number of nitrogens with zero attached hydrogens (tertiary/aromatic N) is 1. The number of nitrogens with one attached hydrogen (secondary N) is 1. The van der Waals surface area contributed by atoms with Crippen molar-refractivity contribution in [3.05, 3.63) is 0 Å². The van der Waals surface area contributed by atoms with Crippen LogP contribution in [0.15, 0.2) is 0 Å². The summed E-state index contributed by atoms with van der Waals surface area (Å²) in [6, 6.07) is -0.362. The zero-order valence-corrected chi connectivity index (χ0v) is 13.2. The Morgan fingerprint density at radius 3 is 1.95 bits per heavy atom. The number of carboxylic acids is 1. The Labute approximate surface area is 116 Å². The van der Waals surface area contributed by atoms with Gasteiger partial charge in [-0.05, 0) is 48.5 Å². The first kappa shape index (κ1) is 17.9. The molecule has 1 atom stereocenters. The van der Waals surface area contributed by atoms with Crippen LogP contribution in [0.2, 0.25) is 0 Å². The van der Waals surface area contributed by atoms with Crippen LogP contribution in [0, 0.1) is 0 Å². The van der Waals surface area contributed by atoms with Crippen molar-refractivity contribution < 1.29 is 14.7 Å². The summed E-state index contributed by atoms with van der Waals surface area (Å²) in [5.74, 6) is -0.925. The molecule has 0 rings (SSSR count). The minimum absolute atomic E-state index is 0.0322. The fourth-order valence-electron chi connectivity index (χ4n) is 1.94. The highest BCUT2D eigenvalue weighted by Gasteiger charge is 2.31. The van der Waals surface area contributed by atoms with Gasteiger partial charge in [0.1, 0.15) is 0 Å². The van der Waals surface area contributed by atoms with Crippen LogP contribution >= 0.6 is 0 Å². The molecule has 5 heteroatoms. The maximum Gasteiger partial charge on any atom is 0.304 e. The standard InChI is InChI=1S/C14H28N2O3/c1-10(12(19)15-13(2,3)4)16(14(5,6)7)9-8-11(17)18/h10H,8-9H2,1-7H3,(H,15,19)(H,17,18). The van der Waals surface area contributed by atoms with Gasteiger partial charge in [0.05, 0.1) is 12.5 Å². The van der Waals surface area contributed by atoms with Crippen molar-refractivity contribution in [2.45, 2.75) is 72.0 Å². The molecule has 5 nitrogen and oxygen atoms in total. The maximum atomic E-state index is 12.2. The Bertz CT molecular complexity index is 327. The lowest BCUT2D eigenvalue weighted by Gasteiger charge is -2.40. The predicted octanol–water partition coefficient (Wildman–Crippen LogP) is 1.86. The van der Waals surface area contributed by atoms with Gasteiger partial charge < -0.3 is 10.4 Å². The second-order valence-corrected chi connectivity index (χ2v) is 6.92. The lowest BCUT2D eigenvalue weighted by atomic mass is 10.0. The highest BCUT2D eigenvalue weighted by Crippen LogP contribution is 2.18. The molecule has 1 amide bonds. The molecule has 0 radical (unpaired) electrons. The average molecular weight is 272 g/mol. The van der Waals surface area contributed by atoms with Gasteiger partial charge in [0, 0.05) is 17.6 Å². The zero-order chi connectivity index (χ0) is 15.4. The van der Waals surface area contributed by atoms with E-state index in [1.165, 1.54) is 0 Å². The second-order valence-electron chi connectivity index (χ2n) is 6.92. The van der Waals surface area contributed by atoms with Crippen LogP contribution in [-0.4, -0.2) is 45.5 Å². The molecule has 0 saturated carbocycles. The van der Waals surface area contributed by atoms with Gasteiger partial charge in [-0.25, -0.2) is 0 Å². The summed E-state index contributed by atoms with van der Waals surface area (Å²) in [5, 5.41) is 11.7. The van der Waals surface area contributed by atoms with Crippen molar-refractivity contribution in [2.75, 3.05) is 6.54 Å². The predicted molar refractivity (Wildman–Crippen MR) is 76.1 cm³/mol. The van der Waals surface area contributed by atoms with Gasteiger partial charge in [0.15, 0.2) is 0 Å². The third kappa shape index (κ3) is 7.15. The lowest BCUT2D eigenvalue weighted by molar-refractivity contribution is -0.139. The summed E-state index contributed by atoms with van der Waals surface area (Å²) >= 11 is 0. The molecule has 0 spiro atoms. The highest BCUT2D eigenvalue weighted by atomic mass is 16.4. The van der Waals surface area contributed by atoms with E-state index in [2.05, 4.69) is 5.32 Å². The van der Waals surface area contributed by atoms with Crippen molar-refractivity contribution >= 4 is 11.9 Å². The molecule has 0 heterocycles. The fourth-order valence-corrected chi connectivity index (χ4v) is 1.94. The van der Waals surface area contributed by atoms with Crippen LogP contribution in [0.4, 0.5) is 0 Å². The Balaban J connectivity index is 4.86. The van der Waals surface area contributed by atoms with Crippen molar-refractivity contribution in [3.8, 4) is 0 Å². The number of hydrogen-bond donors (Lipinski definition) is 2. The van der Waals surface area contributed by atoms with E-state index in [9.17, 15) is 9.59 Å². The van der Waals surface area contributed by atoms with Gasteiger partial charge >= 0.3 is 5.97 Å². The summed E-state index contributed by atoms with van der Waals surface area (Å²) < 4.78 is 0. The fraction of sp³-hybridized carbons (Fsp3) is 0.857.